The lowest BCUT2D eigenvalue weighted by atomic mass is 10.1. The Balaban J connectivity index is 1.43. The molecule has 0 aliphatic rings. The zero-order valence-corrected chi connectivity index (χ0v) is 20.7. The molecule has 170 valence electrons. The van der Waals surface area contributed by atoms with Crippen molar-refractivity contribution in [3.05, 3.63) is 58.4 Å². The molecule has 0 aliphatic carbocycles. The normalized spacial score (nSPS) is 10.9. The van der Waals surface area contributed by atoms with E-state index in [4.69, 9.17) is 16.3 Å². The molecule has 0 atom stereocenters. The Morgan fingerprint density at radius 3 is 2.73 bits per heavy atom. The van der Waals surface area contributed by atoms with Gasteiger partial charge in [-0.2, -0.15) is 0 Å². The minimum atomic E-state index is -0.155. The third kappa shape index (κ3) is 5.38. The van der Waals surface area contributed by atoms with Crippen molar-refractivity contribution in [3.8, 4) is 28.4 Å². The maximum atomic E-state index is 12.5. The predicted octanol–water partition coefficient (Wildman–Crippen LogP) is 5.79. The quantitative estimate of drug-likeness (QED) is 0.309. The summed E-state index contributed by atoms with van der Waals surface area (Å²) in [7, 11) is 1.60. The van der Waals surface area contributed by atoms with Crippen LogP contribution >= 0.6 is 34.7 Å². The van der Waals surface area contributed by atoms with Crippen molar-refractivity contribution in [2.24, 2.45) is 0 Å². The van der Waals surface area contributed by atoms with E-state index in [-0.39, 0.29) is 11.7 Å². The minimum absolute atomic E-state index is 0.155. The lowest BCUT2D eigenvalue weighted by Crippen LogP contribution is -2.14. The van der Waals surface area contributed by atoms with Crippen molar-refractivity contribution in [2.75, 3.05) is 18.2 Å². The molecule has 0 saturated carbocycles. The third-order valence-electron chi connectivity index (χ3n) is 4.87. The van der Waals surface area contributed by atoms with Gasteiger partial charge in [0.05, 0.1) is 24.1 Å². The number of anilines is 1. The molecule has 0 unspecified atom stereocenters. The summed E-state index contributed by atoms with van der Waals surface area (Å²) in [6.07, 6.45) is 0. The van der Waals surface area contributed by atoms with Gasteiger partial charge >= 0.3 is 0 Å². The summed E-state index contributed by atoms with van der Waals surface area (Å²) >= 11 is 8.90. The number of ether oxygens (including phenoxy) is 1. The highest BCUT2D eigenvalue weighted by atomic mass is 35.5. The molecule has 4 rings (SSSR count). The largest absolute Gasteiger partial charge is 0.496 e. The predicted molar refractivity (Wildman–Crippen MR) is 134 cm³/mol. The van der Waals surface area contributed by atoms with Crippen molar-refractivity contribution < 1.29 is 9.53 Å². The number of carbonyl (C=O) groups excluding carboxylic acids is 1. The fourth-order valence-electron chi connectivity index (χ4n) is 3.21. The summed E-state index contributed by atoms with van der Waals surface area (Å²) in [5.74, 6) is 1.33. The van der Waals surface area contributed by atoms with E-state index in [0.29, 0.717) is 33.4 Å². The molecule has 0 bridgehead atoms. The number of halogens is 1. The molecule has 0 spiro atoms. The van der Waals surface area contributed by atoms with E-state index >= 15 is 0 Å². The van der Waals surface area contributed by atoms with Crippen LogP contribution in [0.3, 0.4) is 0 Å². The maximum Gasteiger partial charge on any atom is 0.236 e. The summed E-state index contributed by atoms with van der Waals surface area (Å²) in [4.78, 5) is 17.1. The summed E-state index contributed by atoms with van der Waals surface area (Å²) in [6, 6.07) is 13.5. The Kier molecular flexibility index (Phi) is 7.32. The molecule has 2 aromatic carbocycles. The summed E-state index contributed by atoms with van der Waals surface area (Å²) in [6.45, 7) is 4.67. The molecular formula is C23H22ClN5O2S2. The molecule has 0 radical (unpaired) electrons. The summed E-state index contributed by atoms with van der Waals surface area (Å²) in [5.41, 5.74) is 3.80. The zero-order chi connectivity index (χ0) is 23.4. The van der Waals surface area contributed by atoms with Crippen molar-refractivity contribution in [1.29, 1.82) is 0 Å². The highest BCUT2D eigenvalue weighted by molar-refractivity contribution is 7.99. The van der Waals surface area contributed by atoms with E-state index in [1.807, 2.05) is 48.1 Å². The summed E-state index contributed by atoms with van der Waals surface area (Å²) < 4.78 is 7.39. The number of thioether (sulfide) groups is 1. The number of rotatable bonds is 8. The van der Waals surface area contributed by atoms with Crippen LogP contribution in [0.1, 0.15) is 12.5 Å². The van der Waals surface area contributed by atoms with Crippen LogP contribution in [-0.2, 0) is 11.3 Å². The van der Waals surface area contributed by atoms with Gasteiger partial charge in [-0.05, 0) is 32.0 Å². The van der Waals surface area contributed by atoms with E-state index < -0.39 is 0 Å². The monoisotopic (exact) mass is 499 g/mol. The molecule has 0 saturated heterocycles. The van der Waals surface area contributed by atoms with Crippen LogP contribution in [0.5, 0.6) is 5.75 Å². The average Bonchev–Trinajstić information content (AvgIpc) is 3.45. The number of hydrogen-bond acceptors (Lipinski definition) is 7. The Morgan fingerprint density at radius 1 is 1.21 bits per heavy atom. The van der Waals surface area contributed by atoms with Crippen LogP contribution < -0.4 is 10.1 Å². The van der Waals surface area contributed by atoms with Gasteiger partial charge in [-0.3, -0.25) is 4.79 Å². The van der Waals surface area contributed by atoms with E-state index in [9.17, 15) is 4.79 Å². The molecule has 33 heavy (non-hydrogen) atoms. The first kappa shape index (κ1) is 23.3. The highest BCUT2D eigenvalue weighted by Gasteiger charge is 2.18. The topological polar surface area (TPSA) is 81.9 Å². The molecule has 2 heterocycles. The van der Waals surface area contributed by atoms with E-state index in [1.54, 1.807) is 25.3 Å². The lowest BCUT2D eigenvalue weighted by molar-refractivity contribution is -0.113. The van der Waals surface area contributed by atoms with E-state index in [1.165, 1.54) is 28.7 Å². The molecule has 1 N–H and O–H groups in total. The summed E-state index contributed by atoms with van der Waals surface area (Å²) in [5, 5.41) is 15.2. The number of nitrogens with one attached hydrogen (secondary N) is 1. The second-order valence-corrected chi connectivity index (χ2v) is 9.37. The number of carbonyl (C=O) groups is 1. The van der Waals surface area contributed by atoms with Gasteiger partial charge in [0, 0.05) is 22.5 Å². The van der Waals surface area contributed by atoms with Crippen molar-refractivity contribution in [1.82, 2.24) is 19.7 Å². The molecule has 7 nitrogen and oxygen atoms in total. The molecule has 1 amide bonds. The second kappa shape index (κ2) is 10.4. The first-order chi connectivity index (χ1) is 16.0. The molecule has 10 heteroatoms. The molecule has 0 fully saturated rings. The number of aromatic nitrogens is 4. The molecule has 0 aliphatic heterocycles. The van der Waals surface area contributed by atoms with Gasteiger partial charge in [-0.25, -0.2) is 4.98 Å². The highest BCUT2D eigenvalue weighted by Crippen LogP contribution is 2.33. The standard InChI is InChI=1S/C23H22ClN5O2S2/c1-4-29-21(17-11-16(24)9-10-19(17)31-3)27-28-23(29)33-13-20(30)26-22-25-18(12-32-22)15-7-5-14(2)6-8-15/h5-12H,4,13H2,1-3H3,(H,25,26,30). The zero-order valence-electron chi connectivity index (χ0n) is 18.3. The molecular weight excluding hydrogens is 478 g/mol. The van der Waals surface area contributed by atoms with Crippen LogP contribution in [-0.4, -0.2) is 38.5 Å². The maximum absolute atomic E-state index is 12.5. The van der Waals surface area contributed by atoms with Crippen LogP contribution in [0.15, 0.2) is 53.0 Å². The van der Waals surface area contributed by atoms with E-state index in [0.717, 1.165) is 16.8 Å². The fourth-order valence-corrected chi connectivity index (χ4v) is 4.92. The van der Waals surface area contributed by atoms with Gasteiger partial charge in [-0.1, -0.05) is 53.2 Å². The second-order valence-electron chi connectivity index (χ2n) is 7.14. The number of hydrogen-bond donors (Lipinski definition) is 1. The van der Waals surface area contributed by atoms with Gasteiger partial charge in [-0.15, -0.1) is 21.5 Å². The lowest BCUT2D eigenvalue weighted by Gasteiger charge is -2.11. The van der Waals surface area contributed by atoms with Gasteiger partial charge in [0.15, 0.2) is 16.1 Å². The first-order valence-electron chi connectivity index (χ1n) is 10.2. The van der Waals surface area contributed by atoms with Gasteiger partial charge < -0.3 is 14.6 Å². The molecule has 2 aromatic heterocycles. The van der Waals surface area contributed by atoms with Crippen LogP contribution in [0.4, 0.5) is 5.13 Å². The number of amides is 1. The van der Waals surface area contributed by atoms with E-state index in [2.05, 4.69) is 20.5 Å². The van der Waals surface area contributed by atoms with Crippen LogP contribution in [0, 0.1) is 6.92 Å². The number of thiazole rings is 1. The van der Waals surface area contributed by atoms with Crippen LogP contribution in [0.2, 0.25) is 5.02 Å². The van der Waals surface area contributed by atoms with Gasteiger partial charge in [0.2, 0.25) is 5.91 Å². The fraction of sp³-hybridized carbons (Fsp3) is 0.217. The molecule has 4 aromatic rings. The Labute approximate surface area is 205 Å². The Hall–Kier alpha value is -2.88. The number of aryl methyl sites for hydroxylation is 1. The first-order valence-corrected chi connectivity index (χ1v) is 12.4. The van der Waals surface area contributed by atoms with Crippen molar-refractivity contribution in [2.45, 2.75) is 25.5 Å². The Bertz CT molecular complexity index is 1270. The Morgan fingerprint density at radius 2 is 2.00 bits per heavy atom. The number of nitrogens with zero attached hydrogens (tertiary/aromatic N) is 4. The van der Waals surface area contributed by atoms with Gasteiger partial charge in [0.25, 0.3) is 0 Å². The minimum Gasteiger partial charge on any atom is -0.496 e. The average molecular weight is 500 g/mol. The van der Waals surface area contributed by atoms with Crippen LogP contribution in [0.25, 0.3) is 22.6 Å². The van der Waals surface area contributed by atoms with Gasteiger partial charge in [0.1, 0.15) is 5.75 Å². The number of methoxy groups -OCH3 is 1. The third-order valence-corrected chi connectivity index (χ3v) is 6.83. The van der Waals surface area contributed by atoms with Crippen molar-refractivity contribution >= 4 is 45.7 Å². The van der Waals surface area contributed by atoms with Crippen molar-refractivity contribution in [3.63, 3.8) is 0 Å². The number of benzene rings is 2. The smallest absolute Gasteiger partial charge is 0.236 e. The SMILES string of the molecule is CCn1c(SCC(=O)Nc2nc(-c3ccc(C)cc3)cs2)nnc1-c1cc(Cl)ccc1OC.